The Labute approximate surface area is 233 Å². The molecule has 2 aromatic carbocycles. The molecule has 0 atom stereocenters. The zero-order valence-corrected chi connectivity index (χ0v) is 23.6. The van der Waals surface area contributed by atoms with Gasteiger partial charge in [0.15, 0.2) is 11.5 Å². The van der Waals surface area contributed by atoms with E-state index in [0.29, 0.717) is 29.4 Å². The van der Waals surface area contributed by atoms with Crippen LogP contribution < -0.4 is 9.47 Å². The Morgan fingerprint density at radius 3 is 2.58 bits per heavy atom. The van der Waals surface area contributed by atoms with Crippen LogP contribution in [-0.2, 0) is 22.7 Å². The van der Waals surface area contributed by atoms with Crippen LogP contribution in [0.25, 0.3) is 6.08 Å². The van der Waals surface area contributed by atoms with E-state index in [2.05, 4.69) is 43.3 Å². The van der Waals surface area contributed by atoms with Gasteiger partial charge in [-0.3, -0.25) is 14.5 Å². The maximum Gasteiger partial charge on any atom is 0.373 e. The summed E-state index contributed by atoms with van der Waals surface area (Å²) in [4.78, 5) is 38.4. The molecule has 0 N–H and O–H groups in total. The molecular weight excluding hydrogens is 665 g/mol. The van der Waals surface area contributed by atoms with Crippen molar-refractivity contribution in [2.24, 2.45) is 0 Å². The van der Waals surface area contributed by atoms with E-state index < -0.39 is 17.1 Å². The maximum absolute atomic E-state index is 12.9. The van der Waals surface area contributed by atoms with E-state index in [1.807, 2.05) is 30.3 Å². The molecular formula is C25H19BrINO7S. The fourth-order valence-corrected chi connectivity index (χ4v) is 5.20. The number of furan rings is 1. The number of rotatable bonds is 8. The first-order valence-corrected chi connectivity index (χ1v) is 13.1. The number of methoxy groups -OCH3 is 2. The molecule has 2 amide bonds. The van der Waals surface area contributed by atoms with Crippen molar-refractivity contribution in [3.63, 3.8) is 0 Å². The van der Waals surface area contributed by atoms with Crippen molar-refractivity contribution in [1.29, 1.82) is 0 Å². The van der Waals surface area contributed by atoms with Crippen LogP contribution in [0.5, 0.6) is 11.5 Å². The standard InChI is InChI=1S/C25H19BrINO7S/c1-32-20-10-15(9-18(27)22(20)34-13-14-3-5-16(26)6-4-14)11-21-23(29)28(25(31)36-21)12-17-7-8-19(35-17)24(30)33-2/h3-11H,12-13H2,1-2H3/b21-11+. The number of hydrogen-bond donors (Lipinski definition) is 0. The Morgan fingerprint density at radius 2 is 1.89 bits per heavy atom. The Balaban J connectivity index is 1.50. The van der Waals surface area contributed by atoms with Crippen LogP contribution >= 0.6 is 50.3 Å². The monoisotopic (exact) mass is 683 g/mol. The van der Waals surface area contributed by atoms with E-state index in [9.17, 15) is 14.4 Å². The molecule has 0 bridgehead atoms. The molecule has 3 aromatic rings. The summed E-state index contributed by atoms with van der Waals surface area (Å²) in [6.07, 6.45) is 1.64. The minimum absolute atomic E-state index is 0.000808. The summed E-state index contributed by atoms with van der Waals surface area (Å²) >= 11 is 6.40. The second kappa shape index (κ2) is 11.5. The summed E-state index contributed by atoms with van der Waals surface area (Å²) in [6.45, 7) is 0.269. The largest absolute Gasteiger partial charge is 0.493 e. The molecule has 11 heteroatoms. The molecule has 4 rings (SSSR count). The number of thioether (sulfide) groups is 1. The number of hydrogen-bond acceptors (Lipinski definition) is 8. The molecule has 0 aliphatic carbocycles. The maximum atomic E-state index is 12.9. The minimum Gasteiger partial charge on any atom is -0.493 e. The highest BCUT2D eigenvalue weighted by Gasteiger charge is 2.36. The van der Waals surface area contributed by atoms with E-state index in [1.165, 1.54) is 19.2 Å². The SMILES string of the molecule is COC(=O)c1ccc(CN2C(=O)S/C(=C/c3cc(I)c(OCc4ccc(Br)cc4)c(OC)c3)C2=O)o1. The number of carbonyl (C=O) groups is 3. The highest BCUT2D eigenvalue weighted by molar-refractivity contribution is 14.1. The van der Waals surface area contributed by atoms with Crippen molar-refractivity contribution in [2.45, 2.75) is 13.2 Å². The quantitative estimate of drug-likeness (QED) is 0.156. The average molecular weight is 684 g/mol. The van der Waals surface area contributed by atoms with Crippen molar-refractivity contribution >= 4 is 73.5 Å². The van der Waals surface area contributed by atoms with E-state index in [4.69, 9.17) is 13.9 Å². The predicted octanol–water partition coefficient (Wildman–Crippen LogP) is 6.26. The van der Waals surface area contributed by atoms with Crippen molar-refractivity contribution in [3.8, 4) is 11.5 Å². The Bertz CT molecular complexity index is 1350. The fourth-order valence-electron chi connectivity index (χ4n) is 3.32. The van der Waals surface area contributed by atoms with Crippen LogP contribution in [0.2, 0.25) is 0 Å². The second-order valence-corrected chi connectivity index (χ2v) is 10.5. The third-order valence-corrected chi connectivity index (χ3v) is 7.32. The normalized spacial score (nSPS) is 14.4. The lowest BCUT2D eigenvalue weighted by molar-refractivity contribution is -0.123. The molecule has 1 fully saturated rings. The Hall–Kier alpha value is -2.77. The van der Waals surface area contributed by atoms with Gasteiger partial charge in [0.1, 0.15) is 12.4 Å². The number of nitrogens with zero attached hydrogens (tertiary/aromatic N) is 1. The van der Waals surface area contributed by atoms with Crippen LogP contribution in [0.3, 0.4) is 0 Å². The van der Waals surface area contributed by atoms with E-state index in [1.54, 1.807) is 19.3 Å². The average Bonchev–Trinajstić information content (AvgIpc) is 3.44. The van der Waals surface area contributed by atoms with Crippen LogP contribution in [0.4, 0.5) is 4.79 Å². The molecule has 186 valence electrons. The lowest BCUT2D eigenvalue weighted by atomic mass is 10.1. The van der Waals surface area contributed by atoms with Gasteiger partial charge in [0.25, 0.3) is 11.1 Å². The molecule has 1 aromatic heterocycles. The summed E-state index contributed by atoms with van der Waals surface area (Å²) in [7, 11) is 2.78. The number of imide groups is 1. The topological polar surface area (TPSA) is 95.3 Å². The molecule has 8 nitrogen and oxygen atoms in total. The van der Waals surface area contributed by atoms with Gasteiger partial charge in [-0.25, -0.2) is 4.79 Å². The first-order valence-electron chi connectivity index (χ1n) is 10.5. The zero-order chi connectivity index (χ0) is 25.8. The molecule has 2 heterocycles. The second-order valence-electron chi connectivity index (χ2n) is 7.47. The molecule has 1 aliphatic rings. The molecule has 1 saturated heterocycles. The number of carbonyl (C=O) groups excluding carboxylic acids is 3. The molecule has 0 unspecified atom stereocenters. The summed E-state index contributed by atoms with van der Waals surface area (Å²) in [6, 6.07) is 14.4. The van der Waals surface area contributed by atoms with Gasteiger partial charge in [-0.05, 0) is 88.0 Å². The van der Waals surface area contributed by atoms with Gasteiger partial charge in [0, 0.05) is 4.47 Å². The van der Waals surface area contributed by atoms with Crippen molar-refractivity contribution in [2.75, 3.05) is 14.2 Å². The van der Waals surface area contributed by atoms with Crippen LogP contribution in [0.1, 0.15) is 27.4 Å². The van der Waals surface area contributed by atoms with Crippen molar-refractivity contribution in [3.05, 3.63) is 84.1 Å². The third-order valence-electron chi connectivity index (χ3n) is 5.08. The van der Waals surface area contributed by atoms with Gasteiger partial charge in [-0.2, -0.15) is 0 Å². The summed E-state index contributed by atoms with van der Waals surface area (Å²) in [5, 5.41) is -0.432. The molecule has 0 spiro atoms. The molecule has 1 aliphatic heterocycles. The smallest absolute Gasteiger partial charge is 0.373 e. The highest BCUT2D eigenvalue weighted by Crippen LogP contribution is 2.38. The molecule has 0 saturated carbocycles. The lowest BCUT2D eigenvalue weighted by Crippen LogP contribution is -2.27. The number of halogens is 2. The molecule has 36 heavy (non-hydrogen) atoms. The fraction of sp³-hybridized carbons (Fsp3) is 0.160. The van der Waals surface area contributed by atoms with Gasteiger partial charge in [0.2, 0.25) is 5.76 Å². The van der Waals surface area contributed by atoms with Gasteiger partial charge in [0.05, 0.1) is 29.2 Å². The number of ether oxygens (including phenoxy) is 3. The Kier molecular flexibility index (Phi) is 8.42. The number of benzene rings is 2. The lowest BCUT2D eigenvalue weighted by Gasteiger charge is -2.14. The van der Waals surface area contributed by atoms with Gasteiger partial charge < -0.3 is 18.6 Å². The molecule has 0 radical (unpaired) electrons. The van der Waals surface area contributed by atoms with Gasteiger partial charge in [-0.15, -0.1) is 0 Å². The highest BCUT2D eigenvalue weighted by atomic mass is 127. The van der Waals surface area contributed by atoms with Gasteiger partial charge >= 0.3 is 5.97 Å². The summed E-state index contributed by atoms with van der Waals surface area (Å²) in [5.74, 6) is 0.302. The van der Waals surface area contributed by atoms with Crippen LogP contribution in [-0.4, -0.2) is 36.2 Å². The first kappa shape index (κ1) is 26.3. The number of amides is 2. The summed E-state index contributed by atoms with van der Waals surface area (Å²) in [5.41, 5.74) is 1.69. The van der Waals surface area contributed by atoms with Gasteiger partial charge in [-0.1, -0.05) is 28.1 Å². The third kappa shape index (κ3) is 5.95. The zero-order valence-electron chi connectivity index (χ0n) is 19.1. The van der Waals surface area contributed by atoms with E-state index in [-0.39, 0.29) is 17.2 Å². The first-order chi connectivity index (χ1) is 17.3. The Morgan fingerprint density at radius 1 is 1.14 bits per heavy atom. The van der Waals surface area contributed by atoms with Crippen LogP contribution in [0, 0.1) is 3.57 Å². The van der Waals surface area contributed by atoms with Crippen molar-refractivity contribution in [1.82, 2.24) is 4.90 Å². The van der Waals surface area contributed by atoms with E-state index in [0.717, 1.165) is 30.3 Å². The minimum atomic E-state index is -0.636. The number of esters is 1. The van der Waals surface area contributed by atoms with Crippen LogP contribution in [0.15, 0.2) is 62.3 Å². The van der Waals surface area contributed by atoms with E-state index >= 15 is 0 Å². The summed E-state index contributed by atoms with van der Waals surface area (Å²) < 4.78 is 23.3. The van der Waals surface area contributed by atoms with Crippen molar-refractivity contribution < 1.29 is 33.0 Å². The predicted molar refractivity (Wildman–Crippen MR) is 146 cm³/mol.